The number of nitrogens with zero attached hydrogens (tertiary/aromatic N) is 3. The van der Waals surface area contributed by atoms with Gasteiger partial charge in [-0.2, -0.15) is 4.98 Å². The topological polar surface area (TPSA) is 39.9 Å². The maximum Gasteiger partial charge on any atom is 0.321 e. The van der Waals surface area contributed by atoms with E-state index in [2.05, 4.69) is 26.0 Å². The molecule has 0 bridgehead atoms. The van der Waals surface area contributed by atoms with Crippen LogP contribution in [0.25, 0.3) is 0 Å². The summed E-state index contributed by atoms with van der Waals surface area (Å²) in [7, 11) is 0. The van der Waals surface area contributed by atoms with Crippen molar-refractivity contribution in [3.8, 4) is 11.8 Å². The van der Waals surface area contributed by atoms with Crippen LogP contribution in [-0.4, -0.2) is 14.8 Å². The van der Waals surface area contributed by atoms with E-state index in [0.717, 1.165) is 0 Å². The summed E-state index contributed by atoms with van der Waals surface area (Å²) in [6.07, 6.45) is 0. The Morgan fingerprint density at radius 1 is 1.29 bits per heavy atom. The second kappa shape index (κ2) is 4.83. The van der Waals surface area contributed by atoms with Gasteiger partial charge in [-0.25, -0.2) is 9.07 Å². The summed E-state index contributed by atoms with van der Waals surface area (Å²) in [6, 6.07) is 6.26. The van der Waals surface area contributed by atoms with Crippen LogP contribution in [-0.2, 0) is 0 Å². The Balaban J connectivity index is 2.26. The summed E-state index contributed by atoms with van der Waals surface area (Å²) in [5.74, 6) is 0.219. The molecule has 0 atom stereocenters. The van der Waals surface area contributed by atoms with Crippen molar-refractivity contribution in [3.05, 3.63) is 34.8 Å². The van der Waals surface area contributed by atoms with Gasteiger partial charge < -0.3 is 4.74 Å². The predicted molar refractivity (Wildman–Crippen MR) is 64.6 cm³/mol. The first-order valence-electron chi connectivity index (χ1n) is 5.11. The highest BCUT2D eigenvalue weighted by atomic mass is 79.9. The van der Waals surface area contributed by atoms with Crippen LogP contribution < -0.4 is 4.74 Å². The Labute approximate surface area is 107 Å². The average Bonchev–Trinajstić information content (AvgIpc) is 2.63. The third-order valence-corrected chi connectivity index (χ3v) is 2.42. The molecule has 2 rings (SSSR count). The van der Waals surface area contributed by atoms with Gasteiger partial charge in [-0.1, -0.05) is 0 Å². The molecule has 1 aromatic carbocycles. The van der Waals surface area contributed by atoms with E-state index in [4.69, 9.17) is 4.74 Å². The van der Waals surface area contributed by atoms with Crippen LogP contribution in [0.3, 0.4) is 0 Å². The number of hydrogen-bond donors (Lipinski definition) is 0. The number of halogens is 2. The minimum atomic E-state index is -0.302. The SMILES string of the molecule is CC(C)n1nc(Br)nc1Oc1ccc(F)cc1. The molecule has 0 saturated carbocycles. The fraction of sp³-hybridized carbons (Fsp3) is 0.273. The molecule has 4 nitrogen and oxygen atoms in total. The first kappa shape index (κ1) is 12.0. The van der Waals surface area contributed by atoms with Gasteiger partial charge in [0.1, 0.15) is 11.6 Å². The van der Waals surface area contributed by atoms with E-state index < -0.39 is 0 Å². The van der Waals surface area contributed by atoms with Gasteiger partial charge in [0, 0.05) is 0 Å². The Kier molecular flexibility index (Phi) is 3.42. The predicted octanol–water partition coefficient (Wildman–Crippen LogP) is 3.55. The molecule has 1 aromatic heterocycles. The molecule has 0 radical (unpaired) electrons. The molecular weight excluding hydrogens is 289 g/mol. The lowest BCUT2D eigenvalue weighted by Crippen LogP contribution is -2.05. The van der Waals surface area contributed by atoms with Crippen molar-refractivity contribution in [2.45, 2.75) is 19.9 Å². The summed E-state index contributed by atoms with van der Waals surface area (Å²) >= 11 is 3.19. The molecule has 0 spiro atoms. The molecule has 0 fully saturated rings. The maximum atomic E-state index is 12.7. The van der Waals surface area contributed by atoms with E-state index >= 15 is 0 Å². The highest BCUT2D eigenvalue weighted by Crippen LogP contribution is 2.23. The van der Waals surface area contributed by atoms with Crippen molar-refractivity contribution in [1.29, 1.82) is 0 Å². The van der Waals surface area contributed by atoms with Crippen LogP contribution in [0.5, 0.6) is 11.8 Å². The fourth-order valence-electron chi connectivity index (χ4n) is 1.30. The van der Waals surface area contributed by atoms with Crippen molar-refractivity contribution in [2.75, 3.05) is 0 Å². The van der Waals surface area contributed by atoms with Gasteiger partial charge in [-0.05, 0) is 54.0 Å². The second-order valence-electron chi connectivity index (χ2n) is 3.76. The van der Waals surface area contributed by atoms with Gasteiger partial charge in [0.2, 0.25) is 4.73 Å². The molecule has 17 heavy (non-hydrogen) atoms. The fourth-order valence-corrected chi connectivity index (χ4v) is 1.62. The third kappa shape index (κ3) is 2.82. The Hall–Kier alpha value is -1.43. The zero-order chi connectivity index (χ0) is 12.4. The number of ether oxygens (including phenoxy) is 1. The van der Waals surface area contributed by atoms with Gasteiger partial charge >= 0.3 is 6.01 Å². The lowest BCUT2D eigenvalue weighted by atomic mass is 10.3. The molecule has 0 saturated heterocycles. The van der Waals surface area contributed by atoms with E-state index in [0.29, 0.717) is 16.5 Å². The van der Waals surface area contributed by atoms with Crippen LogP contribution >= 0.6 is 15.9 Å². The first-order chi connectivity index (χ1) is 8.06. The molecule has 6 heteroatoms. The molecule has 0 aliphatic heterocycles. The van der Waals surface area contributed by atoms with Crippen LogP contribution in [0.1, 0.15) is 19.9 Å². The van der Waals surface area contributed by atoms with Crippen molar-refractivity contribution in [3.63, 3.8) is 0 Å². The van der Waals surface area contributed by atoms with Gasteiger partial charge in [0.05, 0.1) is 6.04 Å². The molecular formula is C11H11BrFN3O. The zero-order valence-corrected chi connectivity index (χ0v) is 11.0. The molecule has 2 aromatic rings. The monoisotopic (exact) mass is 299 g/mol. The normalized spacial score (nSPS) is 10.9. The molecule has 0 aliphatic rings. The van der Waals surface area contributed by atoms with Crippen LogP contribution in [0, 0.1) is 5.82 Å². The molecule has 0 N–H and O–H groups in total. The molecule has 0 aliphatic carbocycles. The van der Waals surface area contributed by atoms with Crippen molar-refractivity contribution >= 4 is 15.9 Å². The lowest BCUT2D eigenvalue weighted by molar-refractivity contribution is 0.376. The maximum absolute atomic E-state index is 12.7. The minimum absolute atomic E-state index is 0.129. The van der Waals surface area contributed by atoms with Crippen molar-refractivity contribution < 1.29 is 9.13 Å². The Bertz CT molecular complexity index is 510. The summed E-state index contributed by atoms with van der Waals surface area (Å²) in [6.45, 7) is 3.94. The molecule has 90 valence electrons. The van der Waals surface area contributed by atoms with Gasteiger partial charge in [0.15, 0.2) is 0 Å². The summed E-state index contributed by atoms with van der Waals surface area (Å²) in [5, 5.41) is 4.15. The standard InChI is InChI=1S/C11H11BrFN3O/c1-7(2)16-11(14-10(12)15-16)17-9-5-3-8(13)4-6-9/h3-7H,1-2H3. The van der Waals surface area contributed by atoms with Gasteiger partial charge in [-0.3, -0.25) is 0 Å². The highest BCUT2D eigenvalue weighted by molar-refractivity contribution is 9.10. The Morgan fingerprint density at radius 3 is 2.53 bits per heavy atom. The first-order valence-corrected chi connectivity index (χ1v) is 5.91. The number of benzene rings is 1. The highest BCUT2D eigenvalue weighted by Gasteiger charge is 2.13. The molecule has 1 heterocycles. The van der Waals surface area contributed by atoms with E-state index in [1.807, 2.05) is 13.8 Å². The average molecular weight is 300 g/mol. The van der Waals surface area contributed by atoms with Crippen LogP contribution in [0.2, 0.25) is 0 Å². The van der Waals surface area contributed by atoms with Crippen molar-refractivity contribution in [1.82, 2.24) is 14.8 Å². The van der Waals surface area contributed by atoms with E-state index in [-0.39, 0.29) is 11.9 Å². The van der Waals surface area contributed by atoms with Crippen LogP contribution in [0.15, 0.2) is 29.0 Å². The van der Waals surface area contributed by atoms with E-state index in [9.17, 15) is 4.39 Å². The summed E-state index contributed by atoms with van der Waals surface area (Å²) in [5.41, 5.74) is 0. The van der Waals surface area contributed by atoms with E-state index in [1.54, 1.807) is 16.8 Å². The number of rotatable bonds is 3. The number of hydrogen-bond acceptors (Lipinski definition) is 3. The van der Waals surface area contributed by atoms with E-state index in [1.165, 1.54) is 12.1 Å². The second-order valence-corrected chi connectivity index (χ2v) is 4.47. The van der Waals surface area contributed by atoms with Gasteiger partial charge in [0.25, 0.3) is 0 Å². The zero-order valence-electron chi connectivity index (χ0n) is 9.39. The smallest absolute Gasteiger partial charge is 0.321 e. The number of aromatic nitrogens is 3. The molecule has 0 unspecified atom stereocenters. The Morgan fingerprint density at radius 2 is 1.94 bits per heavy atom. The lowest BCUT2D eigenvalue weighted by Gasteiger charge is -2.09. The molecule has 0 amide bonds. The largest absolute Gasteiger partial charge is 0.424 e. The summed E-state index contributed by atoms with van der Waals surface area (Å²) in [4.78, 5) is 4.10. The third-order valence-electron chi connectivity index (χ3n) is 2.09. The summed E-state index contributed by atoms with van der Waals surface area (Å²) < 4.78 is 20.4. The van der Waals surface area contributed by atoms with Gasteiger partial charge in [-0.15, -0.1) is 5.10 Å². The minimum Gasteiger partial charge on any atom is -0.424 e. The quantitative estimate of drug-likeness (QED) is 0.870. The van der Waals surface area contributed by atoms with Crippen LogP contribution in [0.4, 0.5) is 4.39 Å². The van der Waals surface area contributed by atoms with Crippen molar-refractivity contribution in [2.24, 2.45) is 0 Å².